The first-order valence-corrected chi connectivity index (χ1v) is 7.96. The van der Waals surface area contributed by atoms with E-state index in [1.807, 2.05) is 0 Å². The third kappa shape index (κ3) is 5.17. The molecule has 19 heavy (non-hydrogen) atoms. The van der Waals surface area contributed by atoms with Gasteiger partial charge in [-0.3, -0.25) is 9.59 Å². The van der Waals surface area contributed by atoms with E-state index in [1.165, 1.54) is 11.8 Å². The van der Waals surface area contributed by atoms with Crippen molar-refractivity contribution in [3.05, 3.63) is 0 Å². The van der Waals surface area contributed by atoms with Crippen molar-refractivity contribution in [1.29, 1.82) is 0 Å². The fourth-order valence-corrected chi connectivity index (χ4v) is 3.24. The van der Waals surface area contributed by atoms with Gasteiger partial charge in [0.1, 0.15) is 0 Å². The Balaban J connectivity index is 2.75. The molecule has 0 saturated carbocycles. The summed E-state index contributed by atoms with van der Waals surface area (Å²) in [7, 11) is 0. The van der Waals surface area contributed by atoms with Crippen LogP contribution in [0.15, 0.2) is 0 Å². The molecule has 1 saturated heterocycles. The minimum Gasteiger partial charge on any atom is -0.345 e. The van der Waals surface area contributed by atoms with Crippen molar-refractivity contribution in [2.75, 3.05) is 5.75 Å². The second kappa shape index (κ2) is 5.86. The Morgan fingerprint density at radius 1 is 1.32 bits per heavy atom. The summed E-state index contributed by atoms with van der Waals surface area (Å²) in [5, 5.41) is 3.06. The summed E-state index contributed by atoms with van der Waals surface area (Å²) in [4.78, 5) is 24.1. The summed E-state index contributed by atoms with van der Waals surface area (Å²) in [5.74, 6) is 0.789. The highest BCUT2D eigenvalue weighted by Gasteiger charge is 2.37. The third-order valence-electron chi connectivity index (χ3n) is 3.43. The molecule has 1 aliphatic rings. The van der Waals surface area contributed by atoms with Crippen molar-refractivity contribution >= 4 is 22.8 Å². The normalized spacial score (nSPS) is 22.4. The van der Waals surface area contributed by atoms with E-state index in [0.717, 1.165) is 18.6 Å². The van der Waals surface area contributed by atoms with E-state index in [1.54, 1.807) is 0 Å². The average Bonchev–Trinajstić information content (AvgIpc) is 2.58. The minimum atomic E-state index is -0.276. The lowest BCUT2D eigenvalue weighted by Gasteiger charge is -2.35. The molecule has 0 aromatic heterocycles. The van der Waals surface area contributed by atoms with Crippen LogP contribution in [0.3, 0.4) is 0 Å². The van der Waals surface area contributed by atoms with Crippen LogP contribution in [0, 0.1) is 16.7 Å². The number of nitrogens with one attached hydrogen (secondary N) is 1. The first-order chi connectivity index (χ1) is 8.50. The number of thioether (sulfide) groups is 1. The molecule has 0 radical (unpaired) electrons. The average molecular weight is 285 g/mol. The van der Waals surface area contributed by atoms with Crippen LogP contribution in [0.5, 0.6) is 0 Å². The Bertz CT molecular complexity index is 352. The van der Waals surface area contributed by atoms with Crippen LogP contribution in [-0.2, 0) is 9.59 Å². The van der Waals surface area contributed by atoms with Gasteiger partial charge in [-0.15, -0.1) is 0 Å². The Kier molecular flexibility index (Phi) is 5.10. The number of rotatable bonds is 3. The van der Waals surface area contributed by atoms with E-state index in [2.05, 4.69) is 46.9 Å². The highest BCUT2D eigenvalue weighted by Crippen LogP contribution is 2.36. The van der Waals surface area contributed by atoms with Crippen LogP contribution < -0.4 is 5.32 Å². The monoisotopic (exact) mass is 285 g/mol. The predicted molar refractivity (Wildman–Crippen MR) is 81.0 cm³/mol. The summed E-state index contributed by atoms with van der Waals surface area (Å²) in [6.45, 7) is 12.7. The molecule has 1 aliphatic heterocycles. The lowest BCUT2D eigenvalue weighted by atomic mass is 9.71. The summed E-state index contributed by atoms with van der Waals surface area (Å²) in [6.07, 6.45) is 1.60. The molecule has 1 heterocycles. The maximum Gasteiger partial charge on any atom is 0.224 e. The van der Waals surface area contributed by atoms with E-state index in [9.17, 15) is 9.59 Å². The SMILES string of the molecule is CC(C)(C)CC(C(=O)NC1CCSC1=O)C(C)(C)C. The van der Waals surface area contributed by atoms with Crippen molar-refractivity contribution in [2.24, 2.45) is 16.7 Å². The molecular weight excluding hydrogens is 258 g/mol. The molecule has 110 valence electrons. The van der Waals surface area contributed by atoms with Gasteiger partial charge in [-0.25, -0.2) is 0 Å². The smallest absolute Gasteiger partial charge is 0.224 e. The predicted octanol–water partition coefficient (Wildman–Crippen LogP) is 3.23. The summed E-state index contributed by atoms with van der Waals surface area (Å²) >= 11 is 1.33. The molecular formula is C15H27NO2S. The molecule has 0 spiro atoms. The molecule has 0 aliphatic carbocycles. The van der Waals surface area contributed by atoms with Crippen molar-refractivity contribution in [3.8, 4) is 0 Å². The number of carbonyl (C=O) groups is 2. The highest BCUT2D eigenvalue weighted by molar-refractivity contribution is 8.14. The van der Waals surface area contributed by atoms with Crippen molar-refractivity contribution in [3.63, 3.8) is 0 Å². The molecule has 1 amide bonds. The van der Waals surface area contributed by atoms with E-state index < -0.39 is 0 Å². The van der Waals surface area contributed by atoms with E-state index in [4.69, 9.17) is 0 Å². The van der Waals surface area contributed by atoms with Gasteiger partial charge in [-0.05, 0) is 23.7 Å². The number of amides is 1. The van der Waals surface area contributed by atoms with Gasteiger partial charge in [-0.1, -0.05) is 53.3 Å². The maximum absolute atomic E-state index is 12.5. The minimum absolute atomic E-state index is 0.0308. The summed E-state index contributed by atoms with van der Waals surface area (Å²) < 4.78 is 0. The standard InChI is InChI=1S/C15H27NO2S/c1-14(2,3)9-10(15(4,5)6)12(17)16-11-7-8-19-13(11)18/h10-11H,7-9H2,1-6H3,(H,16,17). The molecule has 4 heteroatoms. The zero-order chi connectivity index (χ0) is 14.8. The molecule has 1 rings (SSSR count). The Hall–Kier alpha value is -0.510. The van der Waals surface area contributed by atoms with Crippen molar-refractivity contribution in [1.82, 2.24) is 5.32 Å². The van der Waals surface area contributed by atoms with Gasteiger partial charge in [0.15, 0.2) is 0 Å². The molecule has 1 fully saturated rings. The highest BCUT2D eigenvalue weighted by atomic mass is 32.2. The number of hydrogen-bond donors (Lipinski definition) is 1. The zero-order valence-electron chi connectivity index (χ0n) is 13.0. The number of carbonyl (C=O) groups excluding carboxylic acids is 2. The fourth-order valence-electron chi connectivity index (χ4n) is 2.30. The Morgan fingerprint density at radius 3 is 2.26 bits per heavy atom. The van der Waals surface area contributed by atoms with Crippen LogP contribution in [0.1, 0.15) is 54.4 Å². The zero-order valence-corrected chi connectivity index (χ0v) is 13.8. The second-order valence-corrected chi connectivity index (χ2v) is 8.80. The van der Waals surface area contributed by atoms with Gasteiger partial charge < -0.3 is 5.32 Å². The van der Waals surface area contributed by atoms with E-state index in [-0.39, 0.29) is 33.8 Å². The van der Waals surface area contributed by atoms with Crippen LogP contribution in [0.25, 0.3) is 0 Å². The maximum atomic E-state index is 12.5. The van der Waals surface area contributed by atoms with Crippen LogP contribution >= 0.6 is 11.8 Å². The quantitative estimate of drug-likeness (QED) is 0.866. The summed E-state index contributed by atoms with van der Waals surface area (Å²) in [5.41, 5.74) is 0.00980. The first kappa shape index (κ1) is 16.5. The molecule has 3 nitrogen and oxygen atoms in total. The van der Waals surface area contributed by atoms with E-state index >= 15 is 0 Å². The molecule has 2 atom stereocenters. The topological polar surface area (TPSA) is 46.2 Å². The van der Waals surface area contributed by atoms with Gasteiger partial charge in [-0.2, -0.15) is 0 Å². The Morgan fingerprint density at radius 2 is 1.89 bits per heavy atom. The van der Waals surface area contributed by atoms with Crippen LogP contribution in [-0.4, -0.2) is 22.8 Å². The van der Waals surface area contributed by atoms with E-state index in [0.29, 0.717) is 0 Å². The Labute approximate surface area is 121 Å². The van der Waals surface area contributed by atoms with Gasteiger partial charge in [0.25, 0.3) is 0 Å². The molecule has 0 aromatic carbocycles. The molecule has 0 aromatic rings. The van der Waals surface area contributed by atoms with Crippen molar-refractivity contribution in [2.45, 2.75) is 60.4 Å². The van der Waals surface area contributed by atoms with Gasteiger partial charge in [0, 0.05) is 11.7 Å². The lowest BCUT2D eigenvalue weighted by Crippen LogP contribution is -2.45. The first-order valence-electron chi connectivity index (χ1n) is 6.98. The molecule has 0 bridgehead atoms. The largest absolute Gasteiger partial charge is 0.345 e. The second-order valence-electron chi connectivity index (χ2n) is 7.70. The van der Waals surface area contributed by atoms with Gasteiger partial charge >= 0.3 is 0 Å². The van der Waals surface area contributed by atoms with Crippen molar-refractivity contribution < 1.29 is 9.59 Å². The van der Waals surface area contributed by atoms with Crippen LogP contribution in [0.2, 0.25) is 0 Å². The van der Waals surface area contributed by atoms with Gasteiger partial charge in [0.05, 0.1) is 6.04 Å². The molecule has 2 unspecified atom stereocenters. The summed E-state index contributed by atoms with van der Waals surface area (Å²) in [6, 6.07) is -0.276. The third-order valence-corrected chi connectivity index (χ3v) is 4.44. The van der Waals surface area contributed by atoms with Gasteiger partial charge in [0.2, 0.25) is 11.0 Å². The van der Waals surface area contributed by atoms with Crippen LogP contribution in [0.4, 0.5) is 0 Å². The number of hydrogen-bond acceptors (Lipinski definition) is 3. The fraction of sp³-hybridized carbons (Fsp3) is 0.867. The molecule has 1 N–H and O–H groups in total. The lowest BCUT2D eigenvalue weighted by molar-refractivity contribution is -0.132.